The van der Waals surface area contributed by atoms with Gasteiger partial charge in [0.05, 0.1) is 13.0 Å². The first kappa shape index (κ1) is 14.0. The SMILES string of the molecule is CCOC(=O)Cc1cc(Cl)cc(CBr)c1Br. The van der Waals surface area contributed by atoms with Crippen LogP contribution in [0.25, 0.3) is 0 Å². The van der Waals surface area contributed by atoms with Crippen LogP contribution in [0, 0.1) is 0 Å². The van der Waals surface area contributed by atoms with E-state index in [1.165, 1.54) is 0 Å². The number of ether oxygens (including phenoxy) is 1. The van der Waals surface area contributed by atoms with E-state index in [9.17, 15) is 4.79 Å². The minimum absolute atomic E-state index is 0.231. The number of hydrogen-bond acceptors (Lipinski definition) is 2. The minimum Gasteiger partial charge on any atom is -0.466 e. The number of hydrogen-bond donors (Lipinski definition) is 0. The monoisotopic (exact) mass is 368 g/mol. The average molecular weight is 370 g/mol. The number of rotatable bonds is 4. The molecule has 0 aliphatic carbocycles. The second-order valence-corrected chi connectivity index (χ2v) is 4.94. The Labute approximate surface area is 117 Å². The van der Waals surface area contributed by atoms with E-state index in [-0.39, 0.29) is 12.4 Å². The third-order valence-corrected chi connectivity index (χ3v) is 3.81. The molecule has 1 aromatic rings. The molecule has 0 saturated carbocycles. The fraction of sp³-hybridized carbons (Fsp3) is 0.364. The molecule has 0 fully saturated rings. The molecule has 0 aliphatic heterocycles. The van der Waals surface area contributed by atoms with Gasteiger partial charge in [0.2, 0.25) is 0 Å². The van der Waals surface area contributed by atoms with Gasteiger partial charge in [-0.3, -0.25) is 4.79 Å². The molecule has 0 heterocycles. The van der Waals surface area contributed by atoms with Crippen molar-refractivity contribution in [2.45, 2.75) is 18.7 Å². The van der Waals surface area contributed by atoms with Crippen LogP contribution in [-0.2, 0) is 21.3 Å². The fourth-order valence-electron chi connectivity index (χ4n) is 1.30. The maximum Gasteiger partial charge on any atom is 0.310 e. The van der Waals surface area contributed by atoms with E-state index < -0.39 is 0 Å². The summed E-state index contributed by atoms with van der Waals surface area (Å²) in [6.45, 7) is 2.18. The highest BCUT2D eigenvalue weighted by Crippen LogP contribution is 2.28. The van der Waals surface area contributed by atoms with Crippen molar-refractivity contribution in [1.29, 1.82) is 0 Å². The lowest BCUT2D eigenvalue weighted by atomic mass is 10.1. The Morgan fingerprint density at radius 3 is 2.62 bits per heavy atom. The number of alkyl halides is 1. The Balaban J connectivity index is 2.95. The number of benzene rings is 1. The topological polar surface area (TPSA) is 26.3 Å². The molecule has 0 unspecified atom stereocenters. The highest BCUT2D eigenvalue weighted by atomic mass is 79.9. The van der Waals surface area contributed by atoms with Crippen molar-refractivity contribution in [1.82, 2.24) is 0 Å². The standard InChI is InChI=1S/C11H11Br2ClO2/c1-2-16-10(15)5-7-3-9(14)4-8(6-12)11(7)13/h3-4H,2,5-6H2,1H3. The lowest BCUT2D eigenvalue weighted by Gasteiger charge is -2.09. The Hall–Kier alpha value is -0.0600. The summed E-state index contributed by atoms with van der Waals surface area (Å²) in [6, 6.07) is 3.63. The summed E-state index contributed by atoms with van der Waals surface area (Å²) in [4.78, 5) is 11.4. The van der Waals surface area contributed by atoms with Crippen LogP contribution < -0.4 is 0 Å². The maximum atomic E-state index is 11.4. The van der Waals surface area contributed by atoms with Crippen LogP contribution in [0.5, 0.6) is 0 Å². The predicted octanol–water partition coefficient (Wildman–Crippen LogP) is 4.10. The zero-order valence-electron chi connectivity index (χ0n) is 8.73. The summed E-state index contributed by atoms with van der Waals surface area (Å²) in [6.07, 6.45) is 0.231. The smallest absolute Gasteiger partial charge is 0.310 e. The third kappa shape index (κ3) is 3.75. The first-order chi connectivity index (χ1) is 7.58. The first-order valence-corrected chi connectivity index (χ1v) is 7.06. The van der Waals surface area contributed by atoms with Gasteiger partial charge in [0.25, 0.3) is 0 Å². The van der Waals surface area contributed by atoms with Crippen molar-refractivity contribution in [3.8, 4) is 0 Å². The van der Waals surface area contributed by atoms with E-state index in [1.54, 1.807) is 13.0 Å². The molecule has 0 aromatic heterocycles. The van der Waals surface area contributed by atoms with E-state index in [4.69, 9.17) is 16.3 Å². The second kappa shape index (κ2) is 6.62. The molecule has 0 saturated heterocycles. The lowest BCUT2D eigenvalue weighted by Crippen LogP contribution is -2.08. The van der Waals surface area contributed by atoms with E-state index in [0.29, 0.717) is 17.0 Å². The molecule has 0 bridgehead atoms. The highest BCUT2D eigenvalue weighted by Gasteiger charge is 2.11. The quantitative estimate of drug-likeness (QED) is 0.589. The number of carbonyl (C=O) groups is 1. The van der Waals surface area contributed by atoms with Crippen molar-refractivity contribution in [2.75, 3.05) is 6.61 Å². The van der Waals surface area contributed by atoms with Gasteiger partial charge < -0.3 is 4.74 Å². The average Bonchev–Trinajstić information content (AvgIpc) is 2.23. The van der Waals surface area contributed by atoms with Crippen LogP contribution in [0.4, 0.5) is 0 Å². The van der Waals surface area contributed by atoms with Crippen LogP contribution in [0.3, 0.4) is 0 Å². The summed E-state index contributed by atoms with van der Waals surface area (Å²) < 4.78 is 5.80. The van der Waals surface area contributed by atoms with Crippen molar-refractivity contribution < 1.29 is 9.53 Å². The van der Waals surface area contributed by atoms with Crippen LogP contribution in [0.2, 0.25) is 5.02 Å². The van der Waals surface area contributed by atoms with Crippen molar-refractivity contribution in [3.63, 3.8) is 0 Å². The van der Waals surface area contributed by atoms with Gasteiger partial charge in [0.1, 0.15) is 0 Å². The maximum absolute atomic E-state index is 11.4. The molecule has 0 amide bonds. The van der Waals surface area contributed by atoms with Gasteiger partial charge in [-0.05, 0) is 30.2 Å². The molecule has 5 heteroatoms. The molecule has 1 aromatic carbocycles. The minimum atomic E-state index is -0.244. The molecule has 0 atom stereocenters. The summed E-state index contributed by atoms with van der Waals surface area (Å²) in [5.74, 6) is -0.244. The molecular formula is C11H11Br2ClO2. The Morgan fingerprint density at radius 2 is 2.06 bits per heavy atom. The first-order valence-electron chi connectivity index (χ1n) is 4.76. The van der Waals surface area contributed by atoms with Gasteiger partial charge in [0.15, 0.2) is 0 Å². The van der Waals surface area contributed by atoms with Crippen LogP contribution in [0.15, 0.2) is 16.6 Å². The van der Waals surface area contributed by atoms with Gasteiger partial charge in [-0.1, -0.05) is 43.5 Å². The molecule has 1 rings (SSSR count). The van der Waals surface area contributed by atoms with Crippen molar-refractivity contribution in [2.24, 2.45) is 0 Å². The molecule has 88 valence electrons. The molecular weight excluding hydrogens is 359 g/mol. The zero-order chi connectivity index (χ0) is 12.1. The highest BCUT2D eigenvalue weighted by molar-refractivity contribution is 9.10. The number of esters is 1. The van der Waals surface area contributed by atoms with Gasteiger partial charge in [-0.15, -0.1) is 0 Å². The molecule has 16 heavy (non-hydrogen) atoms. The van der Waals surface area contributed by atoms with Gasteiger partial charge in [-0.2, -0.15) is 0 Å². The van der Waals surface area contributed by atoms with E-state index >= 15 is 0 Å². The normalized spacial score (nSPS) is 10.2. The third-order valence-electron chi connectivity index (χ3n) is 1.97. The summed E-state index contributed by atoms with van der Waals surface area (Å²) in [7, 11) is 0. The summed E-state index contributed by atoms with van der Waals surface area (Å²) >= 11 is 12.8. The number of carbonyl (C=O) groups excluding carboxylic acids is 1. The van der Waals surface area contributed by atoms with Gasteiger partial charge in [-0.25, -0.2) is 0 Å². The second-order valence-electron chi connectivity index (χ2n) is 3.15. The zero-order valence-corrected chi connectivity index (χ0v) is 12.7. The summed E-state index contributed by atoms with van der Waals surface area (Å²) in [5.41, 5.74) is 1.87. The van der Waals surface area contributed by atoms with Gasteiger partial charge in [0, 0.05) is 14.8 Å². The van der Waals surface area contributed by atoms with E-state index in [1.807, 2.05) is 6.07 Å². The molecule has 0 radical (unpaired) electrons. The Bertz CT molecular complexity index is 394. The summed E-state index contributed by atoms with van der Waals surface area (Å²) in [5, 5.41) is 1.31. The molecule has 2 nitrogen and oxygen atoms in total. The van der Waals surface area contributed by atoms with Crippen LogP contribution in [0.1, 0.15) is 18.1 Å². The predicted molar refractivity (Wildman–Crippen MR) is 72.1 cm³/mol. The van der Waals surface area contributed by atoms with E-state index in [2.05, 4.69) is 31.9 Å². The largest absolute Gasteiger partial charge is 0.466 e. The molecule has 0 spiro atoms. The molecule has 0 aliphatic rings. The number of halogens is 3. The van der Waals surface area contributed by atoms with E-state index in [0.717, 1.165) is 15.6 Å². The van der Waals surface area contributed by atoms with Crippen LogP contribution >= 0.6 is 43.5 Å². The van der Waals surface area contributed by atoms with Crippen molar-refractivity contribution in [3.05, 3.63) is 32.8 Å². The molecule has 0 N–H and O–H groups in total. The fourth-order valence-corrected chi connectivity index (χ4v) is 2.89. The van der Waals surface area contributed by atoms with Crippen LogP contribution in [-0.4, -0.2) is 12.6 Å². The van der Waals surface area contributed by atoms with Crippen molar-refractivity contribution >= 4 is 49.4 Å². The Morgan fingerprint density at radius 1 is 1.44 bits per heavy atom. The van der Waals surface area contributed by atoms with Gasteiger partial charge >= 0.3 is 5.97 Å². The lowest BCUT2D eigenvalue weighted by molar-refractivity contribution is -0.142. The Kier molecular flexibility index (Phi) is 5.79.